The topological polar surface area (TPSA) is 164 Å². The van der Waals surface area contributed by atoms with Crippen molar-refractivity contribution in [2.24, 2.45) is 5.73 Å². The minimum absolute atomic E-state index is 0.0886. The van der Waals surface area contributed by atoms with Crippen molar-refractivity contribution in [1.82, 2.24) is 9.80 Å². The molecule has 312 valence electrons. The van der Waals surface area contributed by atoms with E-state index < -0.39 is 13.7 Å². The first-order valence-corrected chi connectivity index (χ1v) is 21.8. The molecule has 0 bridgehead atoms. The second-order valence-electron chi connectivity index (χ2n) is 14.9. The smallest absolute Gasteiger partial charge is 0.368 e. The third-order valence-corrected chi connectivity index (χ3v) is 11.9. The zero-order chi connectivity index (χ0) is 42.6. The van der Waals surface area contributed by atoms with Gasteiger partial charge in [0.2, 0.25) is 0 Å². The number of nitrogens with zero attached hydrogens (tertiary/aromatic N) is 2. The molecule has 7 rings (SSSR count). The number of nitrogen functional groups attached to an aromatic ring is 2. The summed E-state index contributed by atoms with van der Waals surface area (Å²) in [6.45, 7) is 0.797. The van der Waals surface area contributed by atoms with Gasteiger partial charge in [0.25, 0.3) is 0 Å². The number of nitrogens with two attached hydrogens (primary N) is 2. The average molecular weight is 836 g/mol. The largest absolute Gasteiger partial charge is 0.481 e. The third kappa shape index (κ3) is 11.6. The van der Waals surface area contributed by atoms with E-state index in [1.165, 1.54) is 0 Å². The van der Waals surface area contributed by atoms with Crippen LogP contribution in [0.4, 0.5) is 10.5 Å². The van der Waals surface area contributed by atoms with Crippen LogP contribution in [0, 0.1) is 5.41 Å². The summed E-state index contributed by atoms with van der Waals surface area (Å²) in [6, 6.07) is 49.0. The van der Waals surface area contributed by atoms with Crippen molar-refractivity contribution < 1.29 is 28.3 Å². The van der Waals surface area contributed by atoms with Gasteiger partial charge in [0.1, 0.15) is 11.6 Å². The number of rotatable bonds is 17. The summed E-state index contributed by atoms with van der Waals surface area (Å²) in [7, 11) is -3.73. The number of aliphatic hydroxyl groups is 1. The van der Waals surface area contributed by atoms with E-state index in [4.69, 9.17) is 30.7 Å². The summed E-state index contributed by atoms with van der Waals surface area (Å²) in [5.41, 5.74) is 19.7. The van der Waals surface area contributed by atoms with Crippen molar-refractivity contribution in [3.63, 3.8) is 0 Å². The fraction of sp³-hybridized carbons (Fsp3) is 0.184. The molecule has 6 aromatic carbocycles. The van der Waals surface area contributed by atoms with E-state index in [2.05, 4.69) is 0 Å². The van der Waals surface area contributed by atoms with Crippen LogP contribution >= 0.6 is 7.60 Å². The Kier molecular flexibility index (Phi) is 14.1. The van der Waals surface area contributed by atoms with Gasteiger partial charge < -0.3 is 35.3 Å². The van der Waals surface area contributed by atoms with Crippen molar-refractivity contribution >= 4 is 31.2 Å². The number of amidine groups is 1. The summed E-state index contributed by atoms with van der Waals surface area (Å²) < 4.78 is 31.9. The highest BCUT2D eigenvalue weighted by Crippen LogP contribution is 2.50. The van der Waals surface area contributed by atoms with Gasteiger partial charge in [0.05, 0.1) is 31.6 Å². The molecule has 1 aliphatic rings. The fourth-order valence-corrected chi connectivity index (χ4v) is 8.31. The van der Waals surface area contributed by atoms with E-state index >= 15 is 0 Å². The van der Waals surface area contributed by atoms with Gasteiger partial charge in [-0.2, -0.15) is 0 Å². The molecule has 0 aromatic heterocycles. The van der Waals surface area contributed by atoms with Gasteiger partial charge in [-0.15, -0.1) is 0 Å². The molecule has 0 aliphatic carbocycles. The number of hydrogen-bond donors (Lipinski definition) is 4. The molecule has 1 aliphatic heterocycles. The highest BCUT2D eigenvalue weighted by molar-refractivity contribution is 7.53. The Hall–Kier alpha value is -6.49. The van der Waals surface area contributed by atoms with Crippen LogP contribution < -0.4 is 16.2 Å². The number of carbonyl (C=O) groups excluding carboxylic acids is 1. The minimum atomic E-state index is -3.73. The Labute approximate surface area is 356 Å². The summed E-state index contributed by atoms with van der Waals surface area (Å²) in [5.74, 6) is 0.280. The lowest BCUT2D eigenvalue weighted by molar-refractivity contribution is 0.161. The van der Waals surface area contributed by atoms with Crippen molar-refractivity contribution in [3.8, 4) is 5.75 Å². The molecule has 2 amide bonds. The van der Waals surface area contributed by atoms with Crippen molar-refractivity contribution in [2.75, 3.05) is 18.6 Å². The Morgan fingerprint density at radius 3 is 1.87 bits per heavy atom. The van der Waals surface area contributed by atoms with Gasteiger partial charge in [-0.25, -0.2) is 4.79 Å². The number of ether oxygens (including phenoxy) is 1. The van der Waals surface area contributed by atoms with Gasteiger partial charge in [-0.1, -0.05) is 133 Å². The van der Waals surface area contributed by atoms with Crippen LogP contribution in [0.15, 0.2) is 163 Å². The monoisotopic (exact) mass is 835 g/mol. The summed E-state index contributed by atoms with van der Waals surface area (Å²) in [5, 5.41) is 19.8. The van der Waals surface area contributed by atoms with Crippen LogP contribution in [-0.2, 0) is 46.3 Å². The second kappa shape index (κ2) is 20.2. The summed E-state index contributed by atoms with van der Waals surface area (Å²) in [4.78, 5) is 18.1. The fourth-order valence-electron chi connectivity index (χ4n) is 7.09. The van der Waals surface area contributed by atoms with Gasteiger partial charge in [0, 0.05) is 24.3 Å². The lowest BCUT2D eigenvalue weighted by Crippen LogP contribution is -2.41. The maximum atomic E-state index is 14.8. The molecule has 1 heterocycles. The van der Waals surface area contributed by atoms with Crippen LogP contribution in [0.2, 0.25) is 0 Å². The first-order valence-electron chi connectivity index (χ1n) is 20.1. The molecule has 61 heavy (non-hydrogen) atoms. The van der Waals surface area contributed by atoms with Gasteiger partial charge in [-0.05, 0) is 82.1 Å². The highest BCUT2D eigenvalue weighted by Gasteiger charge is 2.33. The predicted octanol–water partition coefficient (Wildman–Crippen LogP) is 9.34. The van der Waals surface area contributed by atoms with Crippen molar-refractivity contribution in [2.45, 2.75) is 45.2 Å². The molecule has 6 aromatic rings. The number of benzene rings is 6. The Morgan fingerprint density at radius 1 is 0.738 bits per heavy atom. The normalized spacial score (nSPS) is 15.1. The number of urea groups is 1. The predicted molar refractivity (Wildman–Crippen MR) is 240 cm³/mol. The minimum Gasteiger partial charge on any atom is -0.481 e. The molecule has 0 spiro atoms. The van der Waals surface area contributed by atoms with E-state index in [1.54, 1.807) is 28.0 Å². The van der Waals surface area contributed by atoms with Crippen LogP contribution in [0.3, 0.4) is 0 Å². The Morgan fingerprint density at radius 2 is 1.30 bits per heavy atom. The number of aliphatic hydroxyl groups excluding tert-OH is 1. The maximum Gasteiger partial charge on any atom is 0.368 e. The SMILES string of the molecule is N=C(N)c1cc(CN2CC[C@@H](O)/C(=C\c3ccccc3)N(Cc3ccc(OCP(=O)(OCc4ccccc4)OCc4ccccc4)cc3)C2=O)c(Cc2ccccc2)cc1N. The summed E-state index contributed by atoms with van der Waals surface area (Å²) in [6.07, 6.45) is 1.46. The Bertz CT molecular complexity index is 2420. The standard InChI is InChI=1S/C49H50N5O6P/c50-45-30-41(27-36-13-5-1-6-14-36)42(29-44(45)48(51)52)32-53-26-25-47(55)46(28-37-15-7-2-8-16-37)54(49(53)56)31-38-21-23-43(24-22-38)58-35-61(57,59-33-39-17-9-3-10-18-39)60-34-40-19-11-4-12-20-40/h1-24,28-30,47,55H,25-27,31-35,50H2,(H3,51,52)/b46-28+/t47-/m1/s1. The first kappa shape index (κ1) is 42.6. The number of carbonyl (C=O) groups is 1. The lowest BCUT2D eigenvalue weighted by Gasteiger charge is -2.30. The molecular formula is C49H50N5O6P. The van der Waals surface area contributed by atoms with E-state index in [-0.39, 0.29) is 51.1 Å². The van der Waals surface area contributed by atoms with Gasteiger partial charge in [-0.3, -0.25) is 14.9 Å². The molecule has 1 atom stereocenters. The molecule has 1 fully saturated rings. The number of hydrogen-bond acceptors (Lipinski definition) is 8. The quantitative estimate of drug-likeness (QED) is 0.0306. The molecule has 0 radical (unpaired) electrons. The van der Waals surface area contributed by atoms with E-state index in [0.29, 0.717) is 35.5 Å². The van der Waals surface area contributed by atoms with E-state index in [0.717, 1.165) is 38.9 Å². The second-order valence-corrected chi connectivity index (χ2v) is 16.9. The molecule has 11 nitrogen and oxygen atoms in total. The van der Waals surface area contributed by atoms with Crippen LogP contribution in [0.1, 0.15) is 50.9 Å². The zero-order valence-electron chi connectivity index (χ0n) is 33.8. The van der Waals surface area contributed by atoms with Gasteiger partial charge in [0.15, 0.2) is 6.35 Å². The van der Waals surface area contributed by atoms with Crippen LogP contribution in [0.5, 0.6) is 5.75 Å². The maximum absolute atomic E-state index is 14.8. The van der Waals surface area contributed by atoms with E-state index in [9.17, 15) is 14.5 Å². The summed E-state index contributed by atoms with van der Waals surface area (Å²) >= 11 is 0. The van der Waals surface area contributed by atoms with Crippen molar-refractivity contribution in [1.29, 1.82) is 5.41 Å². The highest BCUT2D eigenvalue weighted by atomic mass is 31.2. The molecule has 0 unspecified atom stereocenters. The molecule has 12 heteroatoms. The van der Waals surface area contributed by atoms with Gasteiger partial charge >= 0.3 is 13.6 Å². The molecule has 6 N–H and O–H groups in total. The number of anilines is 1. The molecular weight excluding hydrogens is 786 g/mol. The van der Waals surface area contributed by atoms with Crippen molar-refractivity contribution in [3.05, 3.63) is 208 Å². The zero-order valence-corrected chi connectivity index (χ0v) is 34.7. The van der Waals surface area contributed by atoms with Crippen LogP contribution in [-0.4, -0.2) is 45.8 Å². The third-order valence-electron chi connectivity index (χ3n) is 10.4. The molecule has 0 saturated carbocycles. The number of nitrogens with one attached hydrogen (secondary N) is 1. The lowest BCUT2D eigenvalue weighted by atomic mass is 9.95. The number of amides is 2. The van der Waals surface area contributed by atoms with Crippen LogP contribution in [0.25, 0.3) is 6.08 Å². The Balaban J connectivity index is 1.12. The first-order chi connectivity index (χ1) is 29.6. The molecule has 1 saturated heterocycles. The average Bonchev–Trinajstić information content (AvgIpc) is 3.38. The van der Waals surface area contributed by atoms with E-state index in [1.807, 2.05) is 146 Å².